The smallest absolute Gasteiger partial charge is 0.337 e. The van der Waals surface area contributed by atoms with E-state index in [0.29, 0.717) is 18.3 Å². The van der Waals surface area contributed by atoms with E-state index in [0.717, 1.165) is 12.8 Å². The Balaban J connectivity index is 2.66. The van der Waals surface area contributed by atoms with Crippen molar-refractivity contribution in [3.8, 4) is 5.75 Å². The average Bonchev–Trinajstić information content (AvgIpc) is 2.40. The fraction of sp³-hybridized carbons (Fsp3) is 0.533. The minimum Gasteiger partial charge on any atom is -0.491 e. The summed E-state index contributed by atoms with van der Waals surface area (Å²) in [5.41, 5.74) is 6.11. The highest BCUT2D eigenvalue weighted by Crippen LogP contribution is 2.26. The molecule has 1 rings (SSSR count). The molecule has 0 radical (unpaired) electrons. The van der Waals surface area contributed by atoms with Crippen LogP contribution in [0.1, 0.15) is 49.9 Å². The number of unbranched alkanes of at least 4 members (excludes halogenated alkanes) is 1. The standard InChI is InChI=1S/C15H23NO3/c1-3-5-7-11(4-2)10-19-13-9-6-8-12(14(13)16)15(17)18/h6,8-9,11H,3-5,7,10,16H2,1-2H3,(H,17,18). The molecule has 106 valence electrons. The highest BCUT2D eigenvalue weighted by Gasteiger charge is 2.13. The van der Waals surface area contributed by atoms with E-state index in [9.17, 15) is 4.79 Å². The minimum absolute atomic E-state index is 0.0964. The number of carbonyl (C=O) groups is 1. The van der Waals surface area contributed by atoms with Crippen molar-refractivity contribution in [1.29, 1.82) is 0 Å². The summed E-state index contributed by atoms with van der Waals surface area (Å²) in [6.07, 6.45) is 4.55. The summed E-state index contributed by atoms with van der Waals surface area (Å²) in [6, 6.07) is 4.86. The maximum Gasteiger partial charge on any atom is 0.337 e. The molecule has 0 aliphatic carbocycles. The number of carboxylic acid groups (broad SMARTS) is 1. The third kappa shape index (κ3) is 4.47. The quantitative estimate of drug-likeness (QED) is 0.705. The molecule has 1 atom stereocenters. The van der Waals surface area contributed by atoms with Crippen molar-refractivity contribution in [2.75, 3.05) is 12.3 Å². The number of para-hydroxylation sites is 1. The zero-order chi connectivity index (χ0) is 14.3. The molecule has 1 aromatic rings. The summed E-state index contributed by atoms with van der Waals surface area (Å²) < 4.78 is 5.69. The molecule has 0 saturated heterocycles. The molecule has 4 nitrogen and oxygen atoms in total. The van der Waals surface area contributed by atoms with E-state index in [-0.39, 0.29) is 11.3 Å². The Morgan fingerprint density at radius 2 is 2.16 bits per heavy atom. The number of nitrogens with two attached hydrogens (primary N) is 1. The second kappa shape index (κ2) is 7.67. The molecule has 0 aromatic heterocycles. The molecule has 0 aliphatic heterocycles. The first kappa shape index (κ1) is 15.3. The number of benzene rings is 1. The molecule has 4 heteroatoms. The maximum absolute atomic E-state index is 11.0. The van der Waals surface area contributed by atoms with Crippen LogP contribution in [0.15, 0.2) is 18.2 Å². The first-order chi connectivity index (χ1) is 9.10. The lowest BCUT2D eigenvalue weighted by Crippen LogP contribution is -2.13. The normalized spacial score (nSPS) is 12.1. The van der Waals surface area contributed by atoms with E-state index in [2.05, 4.69) is 13.8 Å². The topological polar surface area (TPSA) is 72.5 Å². The first-order valence-corrected chi connectivity index (χ1v) is 6.84. The largest absolute Gasteiger partial charge is 0.491 e. The molecule has 0 fully saturated rings. The Labute approximate surface area is 114 Å². The van der Waals surface area contributed by atoms with Gasteiger partial charge in [0.25, 0.3) is 0 Å². The molecule has 0 aliphatic rings. The first-order valence-electron chi connectivity index (χ1n) is 6.84. The summed E-state index contributed by atoms with van der Waals surface area (Å²) in [4.78, 5) is 11.0. The summed E-state index contributed by atoms with van der Waals surface area (Å²) in [5.74, 6) is -0.0661. The molecule has 0 bridgehead atoms. The number of hydrogen-bond acceptors (Lipinski definition) is 3. The van der Waals surface area contributed by atoms with Gasteiger partial charge in [0.05, 0.1) is 17.9 Å². The Bertz CT molecular complexity index is 418. The molecule has 0 heterocycles. The van der Waals surface area contributed by atoms with Gasteiger partial charge in [0.15, 0.2) is 0 Å². The van der Waals surface area contributed by atoms with Crippen LogP contribution in [0.25, 0.3) is 0 Å². The summed E-state index contributed by atoms with van der Waals surface area (Å²) in [6.45, 7) is 4.90. The Hall–Kier alpha value is -1.71. The van der Waals surface area contributed by atoms with Crippen molar-refractivity contribution in [3.63, 3.8) is 0 Å². The molecule has 0 amide bonds. The van der Waals surface area contributed by atoms with Crippen LogP contribution in [-0.4, -0.2) is 17.7 Å². The van der Waals surface area contributed by atoms with Crippen molar-refractivity contribution in [1.82, 2.24) is 0 Å². The monoisotopic (exact) mass is 265 g/mol. The van der Waals surface area contributed by atoms with Gasteiger partial charge in [-0.25, -0.2) is 4.79 Å². The van der Waals surface area contributed by atoms with E-state index >= 15 is 0 Å². The molecular formula is C15H23NO3. The van der Waals surface area contributed by atoms with Crippen LogP contribution in [0.3, 0.4) is 0 Å². The summed E-state index contributed by atoms with van der Waals surface area (Å²) in [7, 11) is 0. The summed E-state index contributed by atoms with van der Waals surface area (Å²) >= 11 is 0. The molecule has 0 spiro atoms. The number of anilines is 1. The zero-order valence-corrected chi connectivity index (χ0v) is 11.7. The average molecular weight is 265 g/mol. The number of carboxylic acids is 1. The van der Waals surface area contributed by atoms with Crippen LogP contribution in [0.5, 0.6) is 5.75 Å². The molecular weight excluding hydrogens is 242 g/mol. The van der Waals surface area contributed by atoms with Gasteiger partial charge in [-0.15, -0.1) is 0 Å². The lowest BCUT2D eigenvalue weighted by Gasteiger charge is -2.17. The van der Waals surface area contributed by atoms with Crippen LogP contribution in [0.4, 0.5) is 5.69 Å². The molecule has 3 N–H and O–H groups in total. The Kier molecular flexibility index (Phi) is 6.19. The van der Waals surface area contributed by atoms with Gasteiger partial charge in [-0.1, -0.05) is 39.2 Å². The van der Waals surface area contributed by atoms with Crippen LogP contribution in [0, 0.1) is 5.92 Å². The lowest BCUT2D eigenvalue weighted by atomic mass is 10.0. The number of rotatable bonds is 8. The minimum atomic E-state index is -1.03. The van der Waals surface area contributed by atoms with Crippen LogP contribution in [0.2, 0.25) is 0 Å². The van der Waals surface area contributed by atoms with Gasteiger partial charge in [0.2, 0.25) is 0 Å². The van der Waals surface area contributed by atoms with Gasteiger partial charge in [0, 0.05) is 0 Å². The van der Waals surface area contributed by atoms with E-state index in [4.69, 9.17) is 15.6 Å². The van der Waals surface area contributed by atoms with Gasteiger partial charge in [-0.2, -0.15) is 0 Å². The Morgan fingerprint density at radius 3 is 2.74 bits per heavy atom. The number of ether oxygens (including phenoxy) is 1. The van der Waals surface area contributed by atoms with Crippen molar-refractivity contribution in [3.05, 3.63) is 23.8 Å². The van der Waals surface area contributed by atoms with Gasteiger partial charge in [-0.05, 0) is 24.5 Å². The van der Waals surface area contributed by atoms with E-state index in [1.807, 2.05) is 0 Å². The molecule has 0 saturated carbocycles. The third-order valence-electron chi connectivity index (χ3n) is 3.31. The predicted octanol–water partition coefficient (Wildman–Crippen LogP) is 3.56. The van der Waals surface area contributed by atoms with Crippen LogP contribution >= 0.6 is 0 Å². The predicted molar refractivity (Wildman–Crippen MR) is 76.6 cm³/mol. The van der Waals surface area contributed by atoms with Gasteiger partial charge in [0.1, 0.15) is 5.75 Å². The molecule has 19 heavy (non-hydrogen) atoms. The fourth-order valence-corrected chi connectivity index (χ4v) is 1.96. The number of nitrogen functional groups attached to an aromatic ring is 1. The second-order valence-electron chi connectivity index (χ2n) is 4.75. The number of hydrogen-bond donors (Lipinski definition) is 2. The van der Waals surface area contributed by atoms with Crippen molar-refractivity contribution < 1.29 is 14.6 Å². The van der Waals surface area contributed by atoms with Crippen molar-refractivity contribution in [2.24, 2.45) is 5.92 Å². The van der Waals surface area contributed by atoms with E-state index in [1.165, 1.54) is 18.9 Å². The zero-order valence-electron chi connectivity index (χ0n) is 11.7. The molecule has 1 unspecified atom stereocenters. The second-order valence-corrected chi connectivity index (χ2v) is 4.75. The highest BCUT2D eigenvalue weighted by molar-refractivity contribution is 5.95. The third-order valence-corrected chi connectivity index (χ3v) is 3.31. The van der Waals surface area contributed by atoms with E-state index < -0.39 is 5.97 Å². The Morgan fingerprint density at radius 1 is 1.42 bits per heavy atom. The number of aromatic carboxylic acids is 1. The fourth-order valence-electron chi connectivity index (χ4n) is 1.96. The lowest BCUT2D eigenvalue weighted by molar-refractivity contribution is 0.0697. The van der Waals surface area contributed by atoms with Gasteiger partial charge in [-0.3, -0.25) is 0 Å². The van der Waals surface area contributed by atoms with Gasteiger partial charge < -0.3 is 15.6 Å². The van der Waals surface area contributed by atoms with Crippen molar-refractivity contribution in [2.45, 2.75) is 39.5 Å². The summed E-state index contributed by atoms with van der Waals surface area (Å²) in [5, 5.41) is 8.99. The van der Waals surface area contributed by atoms with Crippen LogP contribution in [-0.2, 0) is 0 Å². The van der Waals surface area contributed by atoms with E-state index in [1.54, 1.807) is 12.1 Å². The molecule has 1 aromatic carbocycles. The highest BCUT2D eigenvalue weighted by atomic mass is 16.5. The maximum atomic E-state index is 11.0. The van der Waals surface area contributed by atoms with Gasteiger partial charge >= 0.3 is 5.97 Å². The SMILES string of the molecule is CCCCC(CC)COc1cccc(C(=O)O)c1N. The van der Waals surface area contributed by atoms with Crippen LogP contribution < -0.4 is 10.5 Å². The van der Waals surface area contributed by atoms with Crippen molar-refractivity contribution >= 4 is 11.7 Å².